The number of fused-ring (bicyclic) bond motifs is 1. The van der Waals surface area contributed by atoms with Crippen LogP contribution in [0.2, 0.25) is 0 Å². The van der Waals surface area contributed by atoms with Crippen LogP contribution in [0.25, 0.3) is 0 Å². The number of piperidine rings is 1. The Morgan fingerprint density at radius 3 is 2.53 bits per heavy atom. The lowest BCUT2D eigenvalue weighted by molar-refractivity contribution is -0.163. The Bertz CT molecular complexity index is 975. The lowest BCUT2D eigenvalue weighted by atomic mass is 9.77. The molecule has 2 saturated heterocycles. The van der Waals surface area contributed by atoms with Crippen molar-refractivity contribution in [2.45, 2.75) is 101 Å². The van der Waals surface area contributed by atoms with Crippen LogP contribution in [0.4, 0.5) is 0 Å². The average molecular weight is 550 g/mol. The van der Waals surface area contributed by atoms with Crippen LogP contribution in [0, 0.1) is 0 Å². The number of ether oxygens (including phenoxy) is 2. The number of nitrogens with one attached hydrogen (secondary N) is 1. The van der Waals surface area contributed by atoms with Crippen LogP contribution in [0.3, 0.4) is 0 Å². The van der Waals surface area contributed by atoms with E-state index in [0.717, 1.165) is 76.1 Å². The van der Waals surface area contributed by atoms with E-state index in [1.165, 1.54) is 5.56 Å². The Morgan fingerprint density at radius 1 is 1.03 bits per heavy atom. The molecule has 1 aliphatic carbocycles. The number of amides is 2. The third-order valence-corrected chi connectivity index (χ3v) is 8.99. The van der Waals surface area contributed by atoms with E-state index in [9.17, 15) is 14.7 Å². The number of nitrogens with zero attached hydrogens (tertiary/aromatic N) is 2. The van der Waals surface area contributed by atoms with Crippen molar-refractivity contribution in [3.8, 4) is 11.5 Å². The van der Waals surface area contributed by atoms with E-state index in [2.05, 4.69) is 23.2 Å². The van der Waals surface area contributed by atoms with Crippen LogP contribution in [-0.4, -0.2) is 76.9 Å². The number of halogens is 1. The molecular weight excluding hydrogens is 506 g/mol. The second kappa shape index (κ2) is 12.4. The smallest absolute Gasteiger partial charge is 0.246 e. The molecule has 3 fully saturated rings. The molecular formula is C29H44ClN3O5. The summed E-state index contributed by atoms with van der Waals surface area (Å²) in [5.74, 6) is 1.67. The molecule has 8 nitrogen and oxygen atoms in total. The maximum absolute atomic E-state index is 13.7. The number of aliphatic hydroxyl groups is 1. The van der Waals surface area contributed by atoms with E-state index in [0.29, 0.717) is 38.6 Å². The number of piperazine rings is 1. The van der Waals surface area contributed by atoms with Gasteiger partial charge in [-0.05, 0) is 63.1 Å². The number of unbranched alkanes of at least 4 members (excludes halogenated alkanes) is 1. The van der Waals surface area contributed by atoms with Gasteiger partial charge in [0.2, 0.25) is 18.6 Å². The first-order valence-electron chi connectivity index (χ1n) is 14.4. The minimum atomic E-state index is -0.841. The molecule has 4 aliphatic rings. The van der Waals surface area contributed by atoms with Crippen LogP contribution in [0.5, 0.6) is 11.5 Å². The maximum atomic E-state index is 13.7. The molecule has 1 spiro atoms. The summed E-state index contributed by atoms with van der Waals surface area (Å²) in [5, 5.41) is 14.2. The van der Waals surface area contributed by atoms with Gasteiger partial charge >= 0.3 is 0 Å². The standard InChI is InChI=1S/C29H43N3O5.ClH/c1-2-3-17-32-26(33)23(20-28(35)12-5-4-6-13-28)30-27(34)29(32)14-18-31(19-15-29)16-8-10-22-9-7-11-24-25(22)37-21-36-24;/h7,9,11,23,35H,2-6,8,10,12-21H2,1H3,(H,30,34);1H/t23-;/m1./s1. The fraction of sp³-hybridized carbons (Fsp3) is 0.724. The number of carbonyl (C=O) groups excluding carboxylic acids is 2. The highest BCUT2D eigenvalue weighted by molar-refractivity contribution is 6.00. The number of hydrogen-bond donors (Lipinski definition) is 2. The van der Waals surface area contributed by atoms with Crippen molar-refractivity contribution in [2.24, 2.45) is 0 Å². The summed E-state index contributed by atoms with van der Waals surface area (Å²) in [6, 6.07) is 5.44. The summed E-state index contributed by atoms with van der Waals surface area (Å²) in [4.78, 5) is 31.7. The van der Waals surface area contributed by atoms with Crippen molar-refractivity contribution in [3.63, 3.8) is 0 Å². The van der Waals surface area contributed by atoms with Crippen LogP contribution in [0.1, 0.15) is 83.1 Å². The predicted octanol–water partition coefficient (Wildman–Crippen LogP) is 3.82. The van der Waals surface area contributed by atoms with Gasteiger partial charge in [-0.2, -0.15) is 0 Å². The monoisotopic (exact) mass is 549 g/mol. The van der Waals surface area contributed by atoms with E-state index < -0.39 is 17.2 Å². The molecule has 0 bridgehead atoms. The number of para-hydroxylation sites is 1. The molecule has 2 N–H and O–H groups in total. The number of hydrogen-bond acceptors (Lipinski definition) is 6. The first-order valence-corrected chi connectivity index (χ1v) is 14.4. The van der Waals surface area contributed by atoms with Gasteiger partial charge in [0.1, 0.15) is 11.6 Å². The Labute approximate surface area is 232 Å². The summed E-state index contributed by atoms with van der Waals surface area (Å²) in [6.07, 6.45) is 9.95. The van der Waals surface area contributed by atoms with E-state index in [1.54, 1.807) is 0 Å². The molecule has 1 aromatic rings. The molecule has 0 radical (unpaired) electrons. The van der Waals surface area contributed by atoms with Gasteiger partial charge in [-0.25, -0.2) is 0 Å². The summed E-state index contributed by atoms with van der Waals surface area (Å²) in [6.45, 7) is 5.55. The first kappa shape index (κ1) is 29.0. The highest BCUT2D eigenvalue weighted by Crippen LogP contribution is 2.38. The van der Waals surface area contributed by atoms with Gasteiger partial charge in [0.05, 0.1) is 5.60 Å². The molecule has 212 valence electrons. The minimum absolute atomic E-state index is 0. The Kier molecular flexibility index (Phi) is 9.48. The Morgan fingerprint density at radius 2 is 1.79 bits per heavy atom. The largest absolute Gasteiger partial charge is 0.454 e. The molecule has 3 heterocycles. The van der Waals surface area contributed by atoms with E-state index in [4.69, 9.17) is 9.47 Å². The van der Waals surface area contributed by atoms with Crippen molar-refractivity contribution < 1.29 is 24.2 Å². The van der Waals surface area contributed by atoms with Gasteiger partial charge in [0.15, 0.2) is 11.5 Å². The number of carbonyl (C=O) groups is 2. The molecule has 1 atom stereocenters. The first-order chi connectivity index (χ1) is 17.9. The average Bonchev–Trinajstić information content (AvgIpc) is 3.39. The molecule has 9 heteroatoms. The highest BCUT2D eigenvalue weighted by atomic mass is 35.5. The zero-order valence-corrected chi connectivity index (χ0v) is 23.5. The number of aryl methyl sites for hydroxylation is 1. The van der Waals surface area contributed by atoms with Crippen LogP contribution in [-0.2, 0) is 16.0 Å². The molecule has 5 rings (SSSR count). The third-order valence-electron chi connectivity index (χ3n) is 8.99. The van der Waals surface area contributed by atoms with Crippen LogP contribution < -0.4 is 14.8 Å². The van der Waals surface area contributed by atoms with Crippen molar-refractivity contribution in [1.29, 1.82) is 0 Å². The predicted molar refractivity (Wildman–Crippen MR) is 148 cm³/mol. The fourth-order valence-corrected chi connectivity index (χ4v) is 6.77. The van der Waals surface area contributed by atoms with Gasteiger partial charge < -0.3 is 29.7 Å². The Hall–Kier alpha value is -2.03. The topological polar surface area (TPSA) is 91.3 Å². The Balaban J connectivity index is 0.00000336. The van der Waals surface area contributed by atoms with Crippen LogP contribution in [0.15, 0.2) is 18.2 Å². The van der Waals surface area contributed by atoms with Crippen LogP contribution >= 0.6 is 12.4 Å². The van der Waals surface area contributed by atoms with Gasteiger partial charge in [0, 0.05) is 26.1 Å². The molecule has 0 unspecified atom stereocenters. The number of likely N-dealkylation sites (tertiary alicyclic amines) is 1. The molecule has 3 aliphatic heterocycles. The van der Waals surface area contributed by atoms with Crippen molar-refractivity contribution >= 4 is 24.2 Å². The molecule has 0 aromatic heterocycles. The lowest BCUT2D eigenvalue weighted by Crippen LogP contribution is -2.73. The number of benzene rings is 1. The summed E-state index contributed by atoms with van der Waals surface area (Å²) >= 11 is 0. The normalized spacial score (nSPS) is 24.3. The van der Waals surface area contributed by atoms with Crippen molar-refractivity contribution in [2.75, 3.05) is 33.0 Å². The summed E-state index contributed by atoms with van der Waals surface area (Å²) in [7, 11) is 0. The van der Waals surface area contributed by atoms with E-state index in [1.807, 2.05) is 17.0 Å². The highest BCUT2D eigenvalue weighted by Gasteiger charge is 2.54. The number of rotatable bonds is 9. The van der Waals surface area contributed by atoms with Gasteiger partial charge in [-0.3, -0.25) is 9.59 Å². The quantitative estimate of drug-likeness (QED) is 0.487. The maximum Gasteiger partial charge on any atom is 0.246 e. The lowest BCUT2D eigenvalue weighted by Gasteiger charge is -2.52. The molecule has 1 saturated carbocycles. The molecule has 2 amide bonds. The summed E-state index contributed by atoms with van der Waals surface area (Å²) < 4.78 is 11.1. The van der Waals surface area contributed by atoms with E-state index >= 15 is 0 Å². The SMILES string of the molecule is CCCCN1C(=O)[C@@H](CC2(O)CCCCC2)NC(=O)C12CCN(CCCc1cccc3c1OCO3)CC2.Cl. The van der Waals surface area contributed by atoms with Gasteiger partial charge in [-0.15, -0.1) is 12.4 Å². The molecule has 1 aromatic carbocycles. The third kappa shape index (κ3) is 5.92. The fourth-order valence-electron chi connectivity index (χ4n) is 6.77. The second-order valence-electron chi connectivity index (χ2n) is 11.5. The van der Waals surface area contributed by atoms with Gasteiger partial charge in [-0.1, -0.05) is 44.7 Å². The minimum Gasteiger partial charge on any atom is -0.454 e. The zero-order chi connectivity index (χ0) is 25.9. The second-order valence-corrected chi connectivity index (χ2v) is 11.5. The van der Waals surface area contributed by atoms with Gasteiger partial charge in [0.25, 0.3) is 0 Å². The van der Waals surface area contributed by atoms with E-state index in [-0.39, 0.29) is 31.0 Å². The van der Waals surface area contributed by atoms with Crippen molar-refractivity contribution in [3.05, 3.63) is 23.8 Å². The zero-order valence-electron chi connectivity index (χ0n) is 22.7. The summed E-state index contributed by atoms with van der Waals surface area (Å²) in [5.41, 5.74) is -0.427. The van der Waals surface area contributed by atoms with Crippen molar-refractivity contribution in [1.82, 2.24) is 15.1 Å². The molecule has 38 heavy (non-hydrogen) atoms.